The maximum atomic E-state index is 2.43. The molecule has 1 nitrogen and oxygen atoms in total. The molecule has 0 saturated heterocycles. The minimum atomic E-state index is -0.453. The first-order valence-corrected chi connectivity index (χ1v) is 25.2. The minimum Gasteiger partial charge on any atom is -0.310 e. The van der Waals surface area contributed by atoms with Gasteiger partial charge in [-0.05, 0) is 178 Å². The molecule has 12 aromatic rings. The van der Waals surface area contributed by atoms with Crippen molar-refractivity contribution in [3.8, 4) is 66.8 Å². The van der Waals surface area contributed by atoms with Crippen molar-refractivity contribution in [2.75, 3.05) is 4.90 Å². The standard InChI is InChI=1S/C71H49N/c1-46-17-14-32-67-68(46)69-47(2)33-42-61(70(69)71(67)65-30-12-10-27-62(65)63-28-11-13-31-66(63)71)51-36-40-56(41-37-51)72(57-44-54-21-7-9-26-60(54)64(45-57)50-18-4-3-5-19-50)55-38-34-48(35-39-55)52-23-15-24-53(43-52)59-29-16-22-49-20-6-8-25-58(49)59/h3-45H,1-2H3. The van der Waals surface area contributed by atoms with Gasteiger partial charge < -0.3 is 4.90 Å². The third-order valence-electron chi connectivity index (χ3n) is 15.7. The number of anilines is 3. The van der Waals surface area contributed by atoms with Crippen LogP contribution in [0.2, 0.25) is 0 Å². The van der Waals surface area contributed by atoms with E-state index in [4.69, 9.17) is 0 Å². The average Bonchev–Trinajstić information content (AvgIpc) is 3.93. The second-order valence-corrected chi connectivity index (χ2v) is 19.6. The van der Waals surface area contributed by atoms with Crippen molar-refractivity contribution in [2.45, 2.75) is 19.3 Å². The number of hydrogen-bond acceptors (Lipinski definition) is 1. The summed E-state index contributed by atoms with van der Waals surface area (Å²) >= 11 is 0. The number of aryl methyl sites for hydroxylation is 2. The van der Waals surface area contributed by atoms with Crippen LogP contribution in [0.3, 0.4) is 0 Å². The number of nitrogens with zero attached hydrogens (tertiary/aromatic N) is 1. The van der Waals surface area contributed by atoms with Gasteiger partial charge in [0.05, 0.1) is 5.41 Å². The zero-order chi connectivity index (χ0) is 47.9. The molecular formula is C71H49N. The van der Waals surface area contributed by atoms with Gasteiger partial charge in [-0.15, -0.1) is 0 Å². The Morgan fingerprint density at radius 3 is 1.53 bits per heavy atom. The van der Waals surface area contributed by atoms with E-state index in [9.17, 15) is 0 Å². The van der Waals surface area contributed by atoms with Crippen LogP contribution in [-0.4, -0.2) is 0 Å². The fourth-order valence-electron chi connectivity index (χ4n) is 12.6. The molecule has 0 heterocycles. The van der Waals surface area contributed by atoms with Gasteiger partial charge in [-0.1, -0.05) is 218 Å². The van der Waals surface area contributed by atoms with Crippen LogP contribution < -0.4 is 4.90 Å². The Morgan fingerprint density at radius 2 is 0.792 bits per heavy atom. The average molecular weight is 916 g/mol. The summed E-state index contributed by atoms with van der Waals surface area (Å²) in [6, 6.07) is 97.0. The van der Waals surface area contributed by atoms with Gasteiger partial charge >= 0.3 is 0 Å². The zero-order valence-corrected chi connectivity index (χ0v) is 40.3. The summed E-state index contributed by atoms with van der Waals surface area (Å²) in [6.07, 6.45) is 0. The maximum absolute atomic E-state index is 2.43. The number of fused-ring (bicyclic) bond motifs is 12. The van der Waals surface area contributed by atoms with Gasteiger partial charge in [0, 0.05) is 17.1 Å². The fraction of sp³-hybridized carbons (Fsp3) is 0.0423. The summed E-state index contributed by atoms with van der Waals surface area (Å²) < 4.78 is 0. The second-order valence-electron chi connectivity index (χ2n) is 19.6. The molecule has 72 heavy (non-hydrogen) atoms. The molecule has 0 N–H and O–H groups in total. The van der Waals surface area contributed by atoms with E-state index < -0.39 is 5.41 Å². The van der Waals surface area contributed by atoms with Crippen molar-refractivity contribution >= 4 is 38.6 Å². The highest BCUT2D eigenvalue weighted by Gasteiger charge is 2.53. The van der Waals surface area contributed by atoms with Crippen LogP contribution in [0.15, 0.2) is 261 Å². The molecule has 0 unspecified atom stereocenters. The smallest absolute Gasteiger partial charge is 0.0731 e. The van der Waals surface area contributed by atoms with E-state index in [-0.39, 0.29) is 0 Å². The van der Waals surface area contributed by atoms with E-state index in [1.807, 2.05) is 0 Å². The third-order valence-corrected chi connectivity index (χ3v) is 15.7. The molecule has 0 saturated carbocycles. The summed E-state index contributed by atoms with van der Waals surface area (Å²) in [5.41, 5.74) is 26.0. The van der Waals surface area contributed by atoms with Crippen LogP contribution in [0.4, 0.5) is 17.1 Å². The monoisotopic (exact) mass is 915 g/mol. The van der Waals surface area contributed by atoms with Crippen LogP contribution in [0, 0.1) is 13.8 Å². The summed E-state index contributed by atoms with van der Waals surface area (Å²) in [6.45, 7) is 4.59. The first-order chi connectivity index (χ1) is 35.5. The SMILES string of the molecule is Cc1cccc2c1-c1c(C)ccc(-c3ccc(N(c4ccc(-c5cccc(-c6cccc7ccccc67)c5)cc4)c4cc(-c5ccccc5)c5ccccc5c4)cc3)c1C21c2ccccc2-c2ccccc21. The van der Waals surface area contributed by atoms with Crippen molar-refractivity contribution in [3.63, 3.8) is 0 Å². The van der Waals surface area contributed by atoms with Crippen LogP contribution in [0.5, 0.6) is 0 Å². The molecule has 0 radical (unpaired) electrons. The number of rotatable bonds is 7. The first-order valence-electron chi connectivity index (χ1n) is 25.2. The predicted octanol–water partition coefficient (Wildman–Crippen LogP) is 19.1. The first kappa shape index (κ1) is 41.9. The largest absolute Gasteiger partial charge is 0.310 e. The van der Waals surface area contributed by atoms with Gasteiger partial charge in [-0.3, -0.25) is 0 Å². The quantitative estimate of drug-likeness (QED) is 0.154. The van der Waals surface area contributed by atoms with E-state index >= 15 is 0 Å². The lowest BCUT2D eigenvalue weighted by Crippen LogP contribution is -2.26. The van der Waals surface area contributed by atoms with E-state index in [0.29, 0.717) is 0 Å². The lowest BCUT2D eigenvalue weighted by atomic mass is 9.68. The molecule has 0 bridgehead atoms. The van der Waals surface area contributed by atoms with E-state index in [1.165, 1.54) is 122 Å². The Kier molecular flexibility index (Phi) is 9.63. The molecule has 2 aliphatic rings. The Balaban J connectivity index is 0.929. The highest BCUT2D eigenvalue weighted by Crippen LogP contribution is 2.65. The Morgan fingerprint density at radius 1 is 0.278 bits per heavy atom. The van der Waals surface area contributed by atoms with Crippen LogP contribution in [-0.2, 0) is 5.41 Å². The van der Waals surface area contributed by atoms with E-state index in [1.54, 1.807) is 0 Å². The molecule has 0 atom stereocenters. The highest BCUT2D eigenvalue weighted by molar-refractivity contribution is 6.03. The molecular weight excluding hydrogens is 867 g/mol. The van der Waals surface area contributed by atoms with Gasteiger partial charge in [0.15, 0.2) is 0 Å². The molecule has 338 valence electrons. The summed E-state index contributed by atoms with van der Waals surface area (Å²) in [7, 11) is 0. The number of hydrogen-bond donors (Lipinski definition) is 0. The molecule has 1 heteroatoms. The fourth-order valence-corrected chi connectivity index (χ4v) is 12.6. The highest BCUT2D eigenvalue weighted by atomic mass is 15.1. The van der Waals surface area contributed by atoms with Gasteiger partial charge in [0.25, 0.3) is 0 Å². The van der Waals surface area contributed by atoms with Gasteiger partial charge in [-0.25, -0.2) is 0 Å². The normalized spacial score (nSPS) is 12.7. The molecule has 0 aliphatic heterocycles. The van der Waals surface area contributed by atoms with Crippen molar-refractivity contribution in [3.05, 3.63) is 294 Å². The Labute approximate surface area is 421 Å². The van der Waals surface area contributed by atoms with Crippen molar-refractivity contribution < 1.29 is 0 Å². The zero-order valence-electron chi connectivity index (χ0n) is 40.3. The van der Waals surface area contributed by atoms with Crippen LogP contribution >= 0.6 is 0 Å². The lowest BCUT2D eigenvalue weighted by molar-refractivity contribution is 0.795. The molecule has 0 aromatic heterocycles. The number of benzene rings is 12. The molecule has 2 aliphatic carbocycles. The predicted molar refractivity (Wildman–Crippen MR) is 304 cm³/mol. The van der Waals surface area contributed by atoms with Gasteiger partial charge in [0.2, 0.25) is 0 Å². The van der Waals surface area contributed by atoms with Crippen molar-refractivity contribution in [1.82, 2.24) is 0 Å². The Bertz CT molecular complexity index is 4050. The van der Waals surface area contributed by atoms with Crippen LogP contribution in [0.1, 0.15) is 33.4 Å². The summed E-state index contributed by atoms with van der Waals surface area (Å²) in [5.74, 6) is 0. The molecule has 1 spiro atoms. The van der Waals surface area contributed by atoms with Crippen LogP contribution in [0.25, 0.3) is 88.3 Å². The second kappa shape index (κ2) is 16.5. The van der Waals surface area contributed by atoms with Gasteiger partial charge in [0.1, 0.15) is 0 Å². The van der Waals surface area contributed by atoms with Crippen molar-refractivity contribution in [1.29, 1.82) is 0 Å². The maximum Gasteiger partial charge on any atom is 0.0731 e. The lowest BCUT2D eigenvalue weighted by Gasteiger charge is -2.32. The molecule has 12 aromatic carbocycles. The molecule has 0 fully saturated rings. The Hall–Kier alpha value is -9.04. The van der Waals surface area contributed by atoms with Crippen molar-refractivity contribution in [2.24, 2.45) is 0 Å². The van der Waals surface area contributed by atoms with Gasteiger partial charge in [-0.2, -0.15) is 0 Å². The topological polar surface area (TPSA) is 3.24 Å². The molecule has 0 amide bonds. The summed E-state index contributed by atoms with van der Waals surface area (Å²) in [5, 5.41) is 4.95. The minimum absolute atomic E-state index is 0.453. The summed E-state index contributed by atoms with van der Waals surface area (Å²) in [4.78, 5) is 2.43. The van der Waals surface area contributed by atoms with E-state index in [0.717, 1.165) is 17.1 Å². The van der Waals surface area contributed by atoms with E-state index in [2.05, 4.69) is 280 Å². The third kappa shape index (κ3) is 6.34. The molecule has 14 rings (SSSR count).